The summed E-state index contributed by atoms with van der Waals surface area (Å²) in [5.41, 5.74) is -2.35. The number of H-pyrrole nitrogens is 1. The van der Waals surface area contributed by atoms with Crippen LogP contribution in [0.3, 0.4) is 0 Å². The highest BCUT2D eigenvalue weighted by atomic mass is 35.5. The van der Waals surface area contributed by atoms with Gasteiger partial charge in [0.2, 0.25) is 0 Å². The number of thioether (sulfide) groups is 1. The van der Waals surface area contributed by atoms with E-state index in [1.54, 1.807) is 12.3 Å². The maximum atomic E-state index is 14.1. The van der Waals surface area contributed by atoms with Crippen LogP contribution in [-0.4, -0.2) is 21.1 Å². The lowest BCUT2D eigenvalue weighted by molar-refractivity contribution is -0.384. The van der Waals surface area contributed by atoms with Crippen molar-refractivity contribution in [3.8, 4) is 17.3 Å². The normalized spacial score (nSPS) is 10.3. The van der Waals surface area contributed by atoms with Crippen LogP contribution in [0.2, 0.25) is 5.02 Å². The van der Waals surface area contributed by atoms with E-state index in [1.807, 2.05) is 0 Å². The molecule has 0 saturated carbocycles. The van der Waals surface area contributed by atoms with Gasteiger partial charge < -0.3 is 4.98 Å². The number of hydrogen-bond acceptors (Lipinski definition) is 6. The van der Waals surface area contributed by atoms with Gasteiger partial charge in [-0.1, -0.05) is 23.4 Å². The highest BCUT2D eigenvalue weighted by Crippen LogP contribution is 2.33. The van der Waals surface area contributed by atoms with Crippen LogP contribution in [0.4, 0.5) is 10.1 Å². The fourth-order valence-electron chi connectivity index (χ4n) is 1.71. The summed E-state index contributed by atoms with van der Waals surface area (Å²) in [7, 11) is 0. The molecule has 2 rings (SSSR count). The third-order valence-corrected chi connectivity index (χ3v) is 3.57. The Morgan fingerprint density at radius 1 is 1.55 bits per heavy atom. The van der Waals surface area contributed by atoms with E-state index in [0.717, 1.165) is 23.9 Å². The van der Waals surface area contributed by atoms with E-state index in [1.165, 1.54) is 0 Å². The Morgan fingerprint density at radius 2 is 2.23 bits per heavy atom. The molecule has 1 heterocycles. The number of hydrogen-bond donors (Lipinski definition) is 1. The number of rotatable bonds is 3. The molecule has 7 nitrogen and oxygen atoms in total. The summed E-state index contributed by atoms with van der Waals surface area (Å²) in [4.78, 5) is 28.2. The molecule has 22 heavy (non-hydrogen) atoms. The minimum absolute atomic E-state index is 0.149. The van der Waals surface area contributed by atoms with Crippen molar-refractivity contribution in [1.82, 2.24) is 9.97 Å². The molecule has 0 radical (unpaired) electrons. The maximum Gasteiger partial charge on any atom is 0.288 e. The van der Waals surface area contributed by atoms with Crippen molar-refractivity contribution < 1.29 is 9.31 Å². The average Bonchev–Trinajstić information content (AvgIpc) is 2.46. The summed E-state index contributed by atoms with van der Waals surface area (Å²) in [5.74, 6) is -0.919. The van der Waals surface area contributed by atoms with E-state index in [2.05, 4.69) is 9.97 Å². The summed E-state index contributed by atoms with van der Waals surface area (Å²) >= 11 is 6.68. The molecule has 0 atom stereocenters. The quantitative estimate of drug-likeness (QED) is 0.398. The lowest BCUT2D eigenvalue weighted by Gasteiger charge is -2.07. The Hall–Kier alpha value is -2.44. The van der Waals surface area contributed by atoms with Crippen molar-refractivity contribution in [2.24, 2.45) is 0 Å². The van der Waals surface area contributed by atoms with Crippen LogP contribution in [0.5, 0.6) is 0 Å². The number of benzene rings is 1. The van der Waals surface area contributed by atoms with E-state index in [9.17, 15) is 19.3 Å². The Balaban J connectivity index is 2.85. The van der Waals surface area contributed by atoms with E-state index in [0.29, 0.717) is 0 Å². The van der Waals surface area contributed by atoms with Gasteiger partial charge in [-0.3, -0.25) is 14.9 Å². The van der Waals surface area contributed by atoms with Gasteiger partial charge in [0.15, 0.2) is 5.16 Å². The highest BCUT2D eigenvalue weighted by molar-refractivity contribution is 7.98. The Labute approximate surface area is 131 Å². The molecule has 0 aliphatic rings. The molecule has 0 amide bonds. The molecule has 112 valence electrons. The molecule has 0 spiro atoms. The first kappa shape index (κ1) is 15.9. The van der Waals surface area contributed by atoms with Crippen molar-refractivity contribution in [2.45, 2.75) is 5.16 Å². The van der Waals surface area contributed by atoms with Gasteiger partial charge in [0.05, 0.1) is 10.6 Å². The fraction of sp³-hybridized carbons (Fsp3) is 0.0833. The second kappa shape index (κ2) is 6.13. The van der Waals surface area contributed by atoms with Crippen LogP contribution in [-0.2, 0) is 0 Å². The minimum Gasteiger partial charge on any atom is -0.300 e. The first-order chi connectivity index (χ1) is 10.4. The van der Waals surface area contributed by atoms with Gasteiger partial charge in [0.25, 0.3) is 11.2 Å². The minimum atomic E-state index is -0.919. The Morgan fingerprint density at radius 3 is 2.77 bits per heavy atom. The van der Waals surface area contributed by atoms with E-state index in [-0.39, 0.29) is 21.4 Å². The number of halogens is 2. The maximum absolute atomic E-state index is 14.1. The predicted octanol–water partition coefficient (Wildman–Crippen LogP) is 2.73. The molecule has 0 aliphatic carbocycles. The number of nitro benzene ring substituents is 1. The molecule has 1 aromatic heterocycles. The van der Waals surface area contributed by atoms with Gasteiger partial charge in [-0.05, 0) is 6.26 Å². The molecule has 1 aromatic carbocycles. The topological polar surface area (TPSA) is 113 Å². The van der Waals surface area contributed by atoms with Gasteiger partial charge in [0.1, 0.15) is 22.5 Å². The molecule has 0 saturated heterocycles. The second-order valence-electron chi connectivity index (χ2n) is 3.95. The van der Waals surface area contributed by atoms with Crippen LogP contribution in [0.1, 0.15) is 5.56 Å². The molecule has 0 fully saturated rings. The predicted molar refractivity (Wildman–Crippen MR) is 78.4 cm³/mol. The van der Waals surface area contributed by atoms with E-state index in [4.69, 9.17) is 16.9 Å². The average molecular weight is 341 g/mol. The number of nitriles is 1. The van der Waals surface area contributed by atoms with Gasteiger partial charge in [-0.2, -0.15) is 5.26 Å². The van der Waals surface area contributed by atoms with Crippen LogP contribution in [0.15, 0.2) is 22.1 Å². The number of nitro groups is 1. The molecule has 2 aromatic rings. The van der Waals surface area contributed by atoms with Crippen molar-refractivity contribution >= 4 is 29.1 Å². The SMILES string of the molecule is CSc1nc(-c2cc([N+](=O)[O-])c(Cl)cc2F)c(C#N)c(=O)[nH]1. The summed E-state index contributed by atoms with van der Waals surface area (Å²) in [6.07, 6.45) is 1.62. The third-order valence-electron chi connectivity index (χ3n) is 2.69. The summed E-state index contributed by atoms with van der Waals surface area (Å²) in [5, 5.41) is 19.7. The number of nitrogens with one attached hydrogen (secondary N) is 1. The van der Waals surface area contributed by atoms with Crippen LogP contribution in [0, 0.1) is 27.3 Å². The zero-order valence-corrected chi connectivity index (χ0v) is 12.5. The lowest BCUT2D eigenvalue weighted by Crippen LogP contribution is -2.15. The van der Waals surface area contributed by atoms with Crippen molar-refractivity contribution in [3.63, 3.8) is 0 Å². The van der Waals surface area contributed by atoms with E-state index >= 15 is 0 Å². The van der Waals surface area contributed by atoms with Gasteiger partial charge in [0, 0.05) is 17.7 Å². The highest BCUT2D eigenvalue weighted by Gasteiger charge is 2.22. The summed E-state index contributed by atoms with van der Waals surface area (Å²) < 4.78 is 14.1. The number of aromatic nitrogens is 2. The molecule has 0 bridgehead atoms. The molecule has 10 heteroatoms. The molecule has 0 unspecified atom stereocenters. The van der Waals surface area contributed by atoms with Gasteiger partial charge in [-0.15, -0.1) is 0 Å². The molecule has 0 aliphatic heterocycles. The number of nitrogens with zero attached hydrogens (tertiary/aromatic N) is 3. The Kier molecular flexibility index (Phi) is 4.44. The summed E-state index contributed by atoms with van der Waals surface area (Å²) in [6.45, 7) is 0. The first-order valence-corrected chi connectivity index (χ1v) is 7.21. The lowest BCUT2D eigenvalue weighted by atomic mass is 10.1. The zero-order valence-electron chi connectivity index (χ0n) is 10.9. The monoisotopic (exact) mass is 340 g/mol. The largest absolute Gasteiger partial charge is 0.300 e. The second-order valence-corrected chi connectivity index (χ2v) is 5.15. The first-order valence-electron chi connectivity index (χ1n) is 5.61. The van der Waals surface area contributed by atoms with Crippen molar-refractivity contribution in [3.05, 3.63) is 49.0 Å². The van der Waals surface area contributed by atoms with Crippen LogP contribution < -0.4 is 5.56 Å². The standard InChI is InChI=1S/C12H6ClFN4O3S/c1-22-12-16-10(6(4-15)11(19)17-12)5-2-9(18(20)21)7(13)3-8(5)14/h2-3H,1H3,(H,16,17,19). The van der Waals surface area contributed by atoms with Crippen LogP contribution >= 0.6 is 23.4 Å². The Bertz CT molecular complexity index is 878. The number of aromatic amines is 1. The smallest absolute Gasteiger partial charge is 0.288 e. The van der Waals surface area contributed by atoms with E-state index < -0.39 is 27.6 Å². The van der Waals surface area contributed by atoms with Gasteiger partial charge in [-0.25, -0.2) is 9.37 Å². The fourth-order valence-corrected chi connectivity index (χ4v) is 2.30. The van der Waals surface area contributed by atoms with Crippen molar-refractivity contribution in [2.75, 3.05) is 6.26 Å². The molecular formula is C12H6ClFN4O3S. The summed E-state index contributed by atoms with van der Waals surface area (Å²) in [6, 6.07) is 3.22. The van der Waals surface area contributed by atoms with Crippen LogP contribution in [0.25, 0.3) is 11.3 Å². The van der Waals surface area contributed by atoms with Gasteiger partial charge >= 0.3 is 0 Å². The third kappa shape index (κ3) is 2.79. The molecule has 1 N–H and O–H groups in total. The molecular weight excluding hydrogens is 335 g/mol. The zero-order chi connectivity index (χ0) is 16.4. The van der Waals surface area contributed by atoms with Crippen molar-refractivity contribution in [1.29, 1.82) is 5.26 Å².